The van der Waals surface area contributed by atoms with Crippen LogP contribution in [-0.2, 0) is 0 Å². The van der Waals surface area contributed by atoms with Gasteiger partial charge in [0.15, 0.2) is 15.9 Å². The van der Waals surface area contributed by atoms with Crippen LogP contribution in [0.25, 0.3) is 11.2 Å². The molecule has 2 rings (SSSR count). The lowest BCUT2D eigenvalue weighted by molar-refractivity contribution is 0.604. The maximum Gasteiger partial charge on any atom is 0.276 e. The van der Waals surface area contributed by atoms with E-state index in [1.807, 2.05) is 18.4 Å². The zero-order valence-corrected chi connectivity index (χ0v) is 9.60. The second-order valence-corrected chi connectivity index (χ2v) is 4.13. The quantitative estimate of drug-likeness (QED) is 0.724. The molecule has 0 aliphatic carbocycles. The molecule has 0 spiro atoms. The summed E-state index contributed by atoms with van der Waals surface area (Å²) in [6.45, 7) is 5.75. The van der Waals surface area contributed by atoms with Crippen molar-refractivity contribution in [3.63, 3.8) is 0 Å². The van der Waals surface area contributed by atoms with Crippen LogP contribution in [0.4, 0.5) is 0 Å². The van der Waals surface area contributed by atoms with Gasteiger partial charge in [0.1, 0.15) is 5.82 Å². The first-order chi connectivity index (χ1) is 7.00. The Morgan fingerprint density at radius 3 is 2.67 bits per heavy atom. The molecule has 0 aromatic carbocycles. The normalized spacial score (nSPS) is 11.5. The molecule has 0 radical (unpaired) electrons. The average Bonchev–Trinajstić information content (AvgIpc) is 2.41. The molecular weight excluding hydrogens is 212 g/mol. The van der Waals surface area contributed by atoms with E-state index in [0.29, 0.717) is 21.8 Å². The van der Waals surface area contributed by atoms with Gasteiger partial charge in [-0.2, -0.15) is 0 Å². The molecular formula is C9H12N4OS. The minimum absolute atomic E-state index is 0.178. The van der Waals surface area contributed by atoms with Crippen LogP contribution in [0.3, 0.4) is 0 Å². The summed E-state index contributed by atoms with van der Waals surface area (Å²) in [4.78, 5) is 21.4. The van der Waals surface area contributed by atoms with E-state index in [-0.39, 0.29) is 11.6 Å². The fraction of sp³-hybridized carbons (Fsp3) is 0.444. The third kappa shape index (κ3) is 1.50. The summed E-state index contributed by atoms with van der Waals surface area (Å²) >= 11 is 5.15. The SMILES string of the molecule is Cc1nc2c([nH]c(=S)n2C(C)C)c(=O)[nH]1. The Morgan fingerprint density at radius 1 is 1.40 bits per heavy atom. The molecule has 6 heteroatoms. The van der Waals surface area contributed by atoms with Crippen LogP contribution in [0.15, 0.2) is 4.79 Å². The molecule has 0 saturated carbocycles. The molecule has 80 valence electrons. The number of rotatable bonds is 1. The van der Waals surface area contributed by atoms with Crippen molar-refractivity contribution in [2.45, 2.75) is 26.8 Å². The summed E-state index contributed by atoms with van der Waals surface area (Å²) in [5.41, 5.74) is 0.888. The first-order valence-electron chi connectivity index (χ1n) is 4.72. The number of H-pyrrole nitrogens is 2. The second kappa shape index (κ2) is 3.30. The lowest BCUT2D eigenvalue weighted by atomic mass is 10.4. The predicted molar refractivity (Wildman–Crippen MR) is 60.7 cm³/mol. The highest BCUT2D eigenvalue weighted by Crippen LogP contribution is 2.13. The third-order valence-corrected chi connectivity index (χ3v) is 2.51. The number of nitrogens with zero attached hydrogens (tertiary/aromatic N) is 2. The van der Waals surface area contributed by atoms with Crippen LogP contribution in [0, 0.1) is 11.7 Å². The van der Waals surface area contributed by atoms with Crippen molar-refractivity contribution >= 4 is 23.4 Å². The number of hydrogen-bond acceptors (Lipinski definition) is 3. The van der Waals surface area contributed by atoms with Crippen LogP contribution in [0.2, 0.25) is 0 Å². The van der Waals surface area contributed by atoms with Crippen molar-refractivity contribution in [3.8, 4) is 0 Å². The van der Waals surface area contributed by atoms with E-state index in [9.17, 15) is 4.79 Å². The number of aromatic nitrogens is 4. The number of aryl methyl sites for hydroxylation is 1. The molecule has 2 heterocycles. The van der Waals surface area contributed by atoms with Gasteiger partial charge in [0, 0.05) is 6.04 Å². The third-order valence-electron chi connectivity index (χ3n) is 2.21. The Labute approximate surface area is 91.2 Å². The molecule has 5 nitrogen and oxygen atoms in total. The summed E-state index contributed by atoms with van der Waals surface area (Å²) in [6.07, 6.45) is 0. The molecule has 0 aliphatic rings. The Kier molecular flexibility index (Phi) is 2.22. The molecule has 0 atom stereocenters. The Balaban J connectivity index is 3.00. The lowest BCUT2D eigenvalue weighted by Crippen LogP contribution is -2.11. The zero-order valence-electron chi connectivity index (χ0n) is 8.79. The van der Waals surface area contributed by atoms with E-state index >= 15 is 0 Å². The van der Waals surface area contributed by atoms with Gasteiger partial charge in [-0.15, -0.1) is 0 Å². The maximum atomic E-state index is 11.6. The minimum Gasteiger partial charge on any atom is -0.325 e. The smallest absolute Gasteiger partial charge is 0.276 e. The van der Waals surface area contributed by atoms with Crippen LogP contribution >= 0.6 is 12.2 Å². The molecule has 2 N–H and O–H groups in total. The minimum atomic E-state index is -0.178. The summed E-state index contributed by atoms with van der Waals surface area (Å²) in [7, 11) is 0. The van der Waals surface area contributed by atoms with Gasteiger partial charge in [-0.1, -0.05) is 0 Å². The molecule has 0 bridgehead atoms. The number of imidazole rings is 1. The van der Waals surface area contributed by atoms with E-state index in [1.165, 1.54) is 0 Å². The number of fused-ring (bicyclic) bond motifs is 1. The average molecular weight is 224 g/mol. The van der Waals surface area contributed by atoms with Gasteiger partial charge in [-0.25, -0.2) is 4.98 Å². The topological polar surface area (TPSA) is 66.5 Å². The molecule has 0 fully saturated rings. The highest BCUT2D eigenvalue weighted by atomic mass is 32.1. The van der Waals surface area contributed by atoms with E-state index in [4.69, 9.17) is 12.2 Å². The summed E-state index contributed by atoms with van der Waals surface area (Å²) < 4.78 is 2.37. The van der Waals surface area contributed by atoms with Crippen molar-refractivity contribution in [2.24, 2.45) is 0 Å². The van der Waals surface area contributed by atoms with Crippen molar-refractivity contribution < 1.29 is 0 Å². The fourth-order valence-electron chi connectivity index (χ4n) is 1.60. The number of nitrogens with one attached hydrogen (secondary N) is 2. The van der Waals surface area contributed by atoms with Gasteiger partial charge in [-0.05, 0) is 33.0 Å². The highest BCUT2D eigenvalue weighted by molar-refractivity contribution is 7.71. The summed E-state index contributed by atoms with van der Waals surface area (Å²) in [6, 6.07) is 0.181. The van der Waals surface area contributed by atoms with Gasteiger partial charge in [0.2, 0.25) is 0 Å². The largest absolute Gasteiger partial charge is 0.325 e. The molecule has 0 aliphatic heterocycles. The zero-order chi connectivity index (χ0) is 11.2. The van der Waals surface area contributed by atoms with Crippen molar-refractivity contribution in [3.05, 3.63) is 20.9 Å². The van der Waals surface area contributed by atoms with Gasteiger partial charge < -0.3 is 9.97 Å². The first kappa shape index (κ1) is 10.1. The van der Waals surface area contributed by atoms with Crippen LogP contribution in [-0.4, -0.2) is 19.5 Å². The molecule has 0 saturated heterocycles. The number of aromatic amines is 2. The summed E-state index contributed by atoms with van der Waals surface area (Å²) in [5, 5.41) is 0. The Morgan fingerprint density at radius 2 is 2.07 bits per heavy atom. The molecule has 0 unspecified atom stereocenters. The Hall–Kier alpha value is -1.43. The van der Waals surface area contributed by atoms with Crippen LogP contribution in [0.1, 0.15) is 25.7 Å². The maximum absolute atomic E-state index is 11.6. The lowest BCUT2D eigenvalue weighted by Gasteiger charge is -2.06. The number of hydrogen-bond donors (Lipinski definition) is 2. The van der Waals surface area contributed by atoms with E-state index in [1.54, 1.807) is 6.92 Å². The van der Waals surface area contributed by atoms with Gasteiger partial charge in [0.05, 0.1) is 0 Å². The van der Waals surface area contributed by atoms with Crippen molar-refractivity contribution in [1.29, 1.82) is 0 Å². The van der Waals surface area contributed by atoms with Gasteiger partial charge >= 0.3 is 0 Å². The molecule has 2 aromatic heterocycles. The summed E-state index contributed by atoms with van der Waals surface area (Å²) in [5.74, 6) is 0.593. The molecule has 15 heavy (non-hydrogen) atoms. The molecule has 2 aromatic rings. The Bertz CT molecular complexity index is 619. The first-order valence-corrected chi connectivity index (χ1v) is 5.12. The van der Waals surface area contributed by atoms with Gasteiger partial charge in [0.25, 0.3) is 5.56 Å². The van der Waals surface area contributed by atoms with Crippen molar-refractivity contribution in [1.82, 2.24) is 19.5 Å². The monoisotopic (exact) mass is 224 g/mol. The van der Waals surface area contributed by atoms with Crippen molar-refractivity contribution in [2.75, 3.05) is 0 Å². The van der Waals surface area contributed by atoms with E-state index < -0.39 is 0 Å². The van der Waals surface area contributed by atoms with Gasteiger partial charge in [-0.3, -0.25) is 9.36 Å². The van der Waals surface area contributed by atoms with E-state index in [0.717, 1.165) is 0 Å². The standard InChI is InChI=1S/C9H12N4OS/c1-4(2)13-7-6(12-9(13)15)8(14)11-5(3)10-7/h4H,1-3H3,(H,12,15)(H,10,11,14). The van der Waals surface area contributed by atoms with Crippen LogP contribution in [0.5, 0.6) is 0 Å². The highest BCUT2D eigenvalue weighted by Gasteiger charge is 2.11. The van der Waals surface area contributed by atoms with Crippen LogP contribution < -0.4 is 5.56 Å². The fourth-order valence-corrected chi connectivity index (χ4v) is 2.00. The predicted octanol–water partition coefficient (Wildman–Crippen LogP) is 1.67. The second-order valence-electron chi connectivity index (χ2n) is 3.74. The van der Waals surface area contributed by atoms with E-state index in [2.05, 4.69) is 15.0 Å². The molecule has 0 amide bonds.